The van der Waals surface area contributed by atoms with Gasteiger partial charge < -0.3 is 14.2 Å². The van der Waals surface area contributed by atoms with Crippen molar-refractivity contribution in [3.8, 4) is 0 Å². The molecule has 9 atom stereocenters. The van der Waals surface area contributed by atoms with E-state index in [4.69, 9.17) is 14.2 Å². The lowest BCUT2D eigenvalue weighted by Gasteiger charge is -2.58. The van der Waals surface area contributed by atoms with Crippen LogP contribution in [0.3, 0.4) is 0 Å². The summed E-state index contributed by atoms with van der Waals surface area (Å²) in [5.41, 5.74) is 2.31. The van der Waals surface area contributed by atoms with E-state index >= 15 is 0 Å². The molecule has 0 radical (unpaired) electrons. The fourth-order valence-corrected chi connectivity index (χ4v) is 9.06. The van der Waals surface area contributed by atoms with Crippen LogP contribution in [0, 0.1) is 40.4 Å². The minimum atomic E-state index is -0.845. The summed E-state index contributed by atoms with van der Waals surface area (Å²) in [6.07, 6.45) is 11.2. The molecule has 0 bridgehead atoms. The monoisotopic (exact) mass is 542 g/mol. The molecule has 6 nitrogen and oxygen atoms in total. The maximum atomic E-state index is 12.4. The molecular formula is C33H50O6. The maximum Gasteiger partial charge on any atom is 0.303 e. The highest BCUT2D eigenvalue weighted by atomic mass is 16.6. The van der Waals surface area contributed by atoms with E-state index in [0.717, 1.165) is 24.3 Å². The van der Waals surface area contributed by atoms with E-state index in [2.05, 4.69) is 46.8 Å². The van der Waals surface area contributed by atoms with Crippen molar-refractivity contribution in [2.45, 2.75) is 125 Å². The largest absolute Gasteiger partial charge is 0.458 e. The van der Waals surface area contributed by atoms with Gasteiger partial charge in [0.1, 0.15) is 6.10 Å². The maximum absolute atomic E-state index is 12.4. The Kier molecular flexibility index (Phi) is 8.73. The number of allylic oxidation sites excluding steroid dienone is 3. The Bertz CT molecular complexity index is 1030. The van der Waals surface area contributed by atoms with E-state index in [0.29, 0.717) is 24.2 Å². The van der Waals surface area contributed by atoms with E-state index in [1.807, 2.05) is 0 Å². The topological polar surface area (TPSA) is 78.9 Å². The number of hydrogen-bond donors (Lipinski definition) is 0. The fraction of sp³-hybridized carbons (Fsp3) is 0.788. The highest BCUT2D eigenvalue weighted by Crippen LogP contribution is 2.66. The number of ether oxygens (including phenoxy) is 3. The molecule has 0 saturated heterocycles. The van der Waals surface area contributed by atoms with Crippen molar-refractivity contribution in [2.75, 3.05) is 0 Å². The van der Waals surface area contributed by atoms with Crippen molar-refractivity contribution in [3.05, 3.63) is 23.3 Å². The first kappa shape index (κ1) is 29.9. The lowest BCUT2D eigenvalue weighted by Crippen LogP contribution is -2.61. The number of hydrogen-bond acceptors (Lipinski definition) is 6. The van der Waals surface area contributed by atoms with E-state index < -0.39 is 41.6 Å². The van der Waals surface area contributed by atoms with E-state index in [1.54, 1.807) is 0 Å². The van der Waals surface area contributed by atoms with E-state index in [9.17, 15) is 14.4 Å². The minimum absolute atomic E-state index is 0.186. The summed E-state index contributed by atoms with van der Waals surface area (Å²) in [5, 5.41) is 0. The summed E-state index contributed by atoms with van der Waals surface area (Å²) in [5.74, 6) is 1.53. The predicted octanol–water partition coefficient (Wildman–Crippen LogP) is 6.96. The third-order valence-corrected chi connectivity index (χ3v) is 10.8. The van der Waals surface area contributed by atoms with Crippen LogP contribution in [0.4, 0.5) is 0 Å². The van der Waals surface area contributed by atoms with Gasteiger partial charge in [-0.15, -0.1) is 0 Å². The van der Waals surface area contributed by atoms with Gasteiger partial charge in [0.25, 0.3) is 0 Å². The molecule has 6 heteroatoms. The molecule has 0 spiro atoms. The highest BCUT2D eigenvalue weighted by Gasteiger charge is 2.63. The lowest BCUT2D eigenvalue weighted by molar-refractivity contribution is -0.204. The zero-order valence-corrected chi connectivity index (χ0v) is 25.4. The Morgan fingerprint density at radius 3 is 2.15 bits per heavy atom. The van der Waals surface area contributed by atoms with Gasteiger partial charge in [0.15, 0.2) is 12.2 Å². The second-order valence-corrected chi connectivity index (χ2v) is 13.7. The molecule has 0 aromatic carbocycles. The molecule has 3 fully saturated rings. The van der Waals surface area contributed by atoms with E-state index in [-0.39, 0.29) is 11.3 Å². The van der Waals surface area contributed by atoms with Crippen molar-refractivity contribution in [1.82, 2.24) is 0 Å². The Morgan fingerprint density at radius 2 is 1.54 bits per heavy atom. The van der Waals surface area contributed by atoms with Crippen molar-refractivity contribution in [3.63, 3.8) is 0 Å². The normalized spacial score (nSPS) is 38.0. The van der Waals surface area contributed by atoms with Crippen LogP contribution in [-0.2, 0) is 28.6 Å². The SMILES string of the molecule is CC(=O)O[C@H]1[C@H](OC(C)=O)CC2=CC=C3[C@@H]4CC[C@H]([C@H](C)CCCC(C)C)[C@@]4(C)CC[C@@H]3[C@@]2(C)[C@H]1OC(C)=O. The van der Waals surface area contributed by atoms with Gasteiger partial charge in [-0.2, -0.15) is 0 Å². The lowest BCUT2D eigenvalue weighted by atomic mass is 9.49. The van der Waals surface area contributed by atoms with Crippen molar-refractivity contribution < 1.29 is 28.6 Å². The predicted molar refractivity (Wildman–Crippen MR) is 150 cm³/mol. The Hall–Kier alpha value is -2.11. The quantitative estimate of drug-likeness (QED) is 0.244. The Morgan fingerprint density at radius 1 is 0.872 bits per heavy atom. The first-order valence-corrected chi connectivity index (χ1v) is 15.2. The molecule has 3 saturated carbocycles. The molecule has 218 valence electrons. The standard InChI is InChI=1S/C33H50O6/c1-19(2)10-9-11-20(3)26-14-15-27-25-13-12-24-18-29(37-21(4)34)30(38-22(5)35)31(39-23(6)36)33(24,8)28(25)16-17-32(26,27)7/h12-13,19-20,26-31H,9-11,14-18H2,1-8H3/t20-,26-,27+,28+,29-,30+,31+,32-,33+/m1/s1. The molecule has 0 amide bonds. The van der Waals surface area contributed by atoms with Gasteiger partial charge >= 0.3 is 17.9 Å². The number of rotatable bonds is 8. The van der Waals surface area contributed by atoms with Gasteiger partial charge in [0.05, 0.1) is 0 Å². The average Bonchev–Trinajstić information content (AvgIpc) is 3.18. The first-order chi connectivity index (χ1) is 18.3. The molecule has 0 heterocycles. The smallest absolute Gasteiger partial charge is 0.303 e. The van der Waals surface area contributed by atoms with Crippen LogP contribution in [0.1, 0.15) is 107 Å². The molecule has 0 unspecified atom stereocenters. The summed E-state index contributed by atoms with van der Waals surface area (Å²) in [6, 6.07) is 0. The van der Waals surface area contributed by atoms with Gasteiger partial charge in [0, 0.05) is 32.6 Å². The molecule has 0 aliphatic heterocycles. The van der Waals surface area contributed by atoms with Gasteiger partial charge in [-0.3, -0.25) is 14.4 Å². The summed E-state index contributed by atoms with van der Waals surface area (Å²) < 4.78 is 17.5. The molecule has 0 aromatic rings. The van der Waals surface area contributed by atoms with Crippen molar-refractivity contribution >= 4 is 17.9 Å². The average molecular weight is 543 g/mol. The van der Waals surface area contributed by atoms with Gasteiger partial charge in [0.2, 0.25) is 0 Å². The van der Waals surface area contributed by atoms with Crippen LogP contribution >= 0.6 is 0 Å². The number of carbonyl (C=O) groups is 3. The van der Waals surface area contributed by atoms with E-state index in [1.165, 1.54) is 58.4 Å². The van der Waals surface area contributed by atoms with Gasteiger partial charge in [-0.05, 0) is 60.7 Å². The number of esters is 3. The molecular weight excluding hydrogens is 492 g/mol. The van der Waals surface area contributed by atoms with Crippen molar-refractivity contribution in [2.24, 2.45) is 40.4 Å². The summed E-state index contributed by atoms with van der Waals surface area (Å²) >= 11 is 0. The molecule has 0 N–H and O–H groups in total. The van der Waals surface area contributed by atoms with Crippen LogP contribution in [0.5, 0.6) is 0 Å². The molecule has 4 rings (SSSR count). The minimum Gasteiger partial charge on any atom is -0.458 e. The Balaban J connectivity index is 1.67. The zero-order valence-electron chi connectivity index (χ0n) is 25.4. The highest BCUT2D eigenvalue weighted by molar-refractivity contribution is 5.69. The van der Waals surface area contributed by atoms with Crippen LogP contribution in [0.2, 0.25) is 0 Å². The van der Waals surface area contributed by atoms with Gasteiger partial charge in [-0.25, -0.2) is 0 Å². The fourth-order valence-electron chi connectivity index (χ4n) is 9.06. The van der Waals surface area contributed by atoms with Crippen LogP contribution in [0.15, 0.2) is 23.3 Å². The second-order valence-electron chi connectivity index (χ2n) is 13.7. The molecule has 39 heavy (non-hydrogen) atoms. The van der Waals surface area contributed by atoms with Crippen LogP contribution < -0.4 is 0 Å². The van der Waals surface area contributed by atoms with Crippen LogP contribution in [0.25, 0.3) is 0 Å². The third-order valence-electron chi connectivity index (χ3n) is 10.8. The number of carbonyl (C=O) groups excluding carboxylic acids is 3. The second kappa shape index (κ2) is 11.4. The summed E-state index contributed by atoms with van der Waals surface area (Å²) in [7, 11) is 0. The molecule has 4 aliphatic carbocycles. The Labute approximate surface area is 235 Å². The third kappa shape index (κ3) is 5.59. The summed E-state index contributed by atoms with van der Waals surface area (Å²) in [4.78, 5) is 36.6. The van der Waals surface area contributed by atoms with Crippen LogP contribution in [-0.4, -0.2) is 36.2 Å². The number of fused-ring (bicyclic) bond motifs is 5. The molecule has 0 aromatic heterocycles. The molecule has 4 aliphatic rings. The summed E-state index contributed by atoms with van der Waals surface area (Å²) in [6.45, 7) is 15.9. The van der Waals surface area contributed by atoms with Gasteiger partial charge in [-0.1, -0.05) is 77.2 Å². The van der Waals surface area contributed by atoms with Crippen molar-refractivity contribution in [1.29, 1.82) is 0 Å². The first-order valence-electron chi connectivity index (χ1n) is 15.2. The zero-order chi connectivity index (χ0) is 28.7.